The maximum atomic E-state index is 5.69. The average Bonchev–Trinajstić information content (AvgIpc) is 1.60. The summed E-state index contributed by atoms with van der Waals surface area (Å²) in [4.78, 5) is 2.20. The van der Waals surface area contributed by atoms with Crippen molar-refractivity contribution in [1.82, 2.24) is 4.90 Å². The van der Waals surface area contributed by atoms with Crippen LogP contribution in [-0.2, 0) is 0 Å². The van der Waals surface area contributed by atoms with Crippen molar-refractivity contribution in [1.29, 1.82) is 0 Å². The summed E-state index contributed by atoms with van der Waals surface area (Å²) < 4.78 is 0. The van der Waals surface area contributed by atoms with Crippen molar-refractivity contribution in [2.75, 3.05) is 14.1 Å². The third-order valence-corrected chi connectivity index (χ3v) is 2.03. The minimum atomic E-state index is 0.230. The SMILES string of the molecule is CC(N)CC(C)(C)N(C)C. The molecule has 0 saturated carbocycles. The first-order valence-corrected chi connectivity index (χ1v) is 3.79. The van der Waals surface area contributed by atoms with Crippen LogP contribution < -0.4 is 5.73 Å². The fraction of sp³-hybridized carbons (Fsp3) is 1.00. The molecule has 0 radical (unpaired) electrons. The molecule has 0 aliphatic heterocycles. The second kappa shape index (κ2) is 3.35. The Bertz CT molecular complexity index is 95.4. The molecule has 0 aliphatic carbocycles. The summed E-state index contributed by atoms with van der Waals surface area (Å²) in [5.41, 5.74) is 5.92. The molecule has 0 amide bonds. The molecule has 0 aromatic rings. The fourth-order valence-corrected chi connectivity index (χ4v) is 0.971. The van der Waals surface area contributed by atoms with Crippen molar-refractivity contribution in [3.63, 3.8) is 0 Å². The smallest absolute Gasteiger partial charge is 0.0161 e. The van der Waals surface area contributed by atoms with E-state index in [4.69, 9.17) is 5.73 Å². The molecule has 0 rings (SSSR count). The first kappa shape index (κ1) is 9.92. The van der Waals surface area contributed by atoms with E-state index in [-0.39, 0.29) is 11.6 Å². The standard InChI is InChI=1S/C8H20N2/c1-7(9)6-8(2,3)10(4)5/h7H,6,9H2,1-5H3. The van der Waals surface area contributed by atoms with Gasteiger partial charge in [-0.2, -0.15) is 0 Å². The van der Waals surface area contributed by atoms with Gasteiger partial charge in [0.15, 0.2) is 0 Å². The summed E-state index contributed by atoms with van der Waals surface area (Å²) >= 11 is 0. The van der Waals surface area contributed by atoms with Crippen molar-refractivity contribution < 1.29 is 0 Å². The van der Waals surface area contributed by atoms with Crippen LogP contribution in [0.15, 0.2) is 0 Å². The molecular formula is C8H20N2. The zero-order valence-corrected chi connectivity index (χ0v) is 7.81. The lowest BCUT2D eigenvalue weighted by molar-refractivity contribution is 0.173. The fourth-order valence-electron chi connectivity index (χ4n) is 0.971. The van der Waals surface area contributed by atoms with Gasteiger partial charge in [-0.3, -0.25) is 0 Å². The van der Waals surface area contributed by atoms with Gasteiger partial charge in [0.1, 0.15) is 0 Å². The van der Waals surface area contributed by atoms with Crippen LogP contribution in [-0.4, -0.2) is 30.6 Å². The highest BCUT2D eigenvalue weighted by Gasteiger charge is 2.21. The van der Waals surface area contributed by atoms with E-state index in [9.17, 15) is 0 Å². The molecule has 0 saturated heterocycles. The Morgan fingerprint density at radius 2 is 1.80 bits per heavy atom. The highest BCUT2D eigenvalue weighted by molar-refractivity contribution is 4.80. The highest BCUT2D eigenvalue weighted by Crippen LogP contribution is 2.15. The van der Waals surface area contributed by atoms with Gasteiger partial charge in [0.05, 0.1) is 0 Å². The maximum Gasteiger partial charge on any atom is 0.0161 e. The molecule has 0 aliphatic rings. The molecule has 0 fully saturated rings. The molecule has 2 heteroatoms. The molecule has 2 nitrogen and oxygen atoms in total. The third-order valence-electron chi connectivity index (χ3n) is 2.03. The average molecular weight is 144 g/mol. The van der Waals surface area contributed by atoms with Crippen molar-refractivity contribution >= 4 is 0 Å². The van der Waals surface area contributed by atoms with Crippen LogP contribution in [0.4, 0.5) is 0 Å². The second-order valence-electron chi connectivity index (χ2n) is 3.89. The summed E-state index contributed by atoms with van der Waals surface area (Å²) in [7, 11) is 4.17. The van der Waals surface area contributed by atoms with Gasteiger partial charge in [-0.25, -0.2) is 0 Å². The van der Waals surface area contributed by atoms with E-state index >= 15 is 0 Å². The Morgan fingerprint density at radius 1 is 1.40 bits per heavy atom. The maximum absolute atomic E-state index is 5.69. The van der Waals surface area contributed by atoms with Crippen molar-refractivity contribution in [2.45, 2.75) is 38.8 Å². The number of nitrogens with two attached hydrogens (primary N) is 1. The van der Waals surface area contributed by atoms with E-state index in [2.05, 4.69) is 32.8 Å². The largest absolute Gasteiger partial charge is 0.328 e. The minimum absolute atomic E-state index is 0.230. The summed E-state index contributed by atoms with van der Waals surface area (Å²) in [5.74, 6) is 0. The topological polar surface area (TPSA) is 29.3 Å². The van der Waals surface area contributed by atoms with E-state index in [0.29, 0.717) is 0 Å². The summed E-state index contributed by atoms with van der Waals surface area (Å²) in [5, 5.41) is 0. The van der Waals surface area contributed by atoms with E-state index < -0.39 is 0 Å². The molecule has 62 valence electrons. The van der Waals surface area contributed by atoms with E-state index in [1.165, 1.54) is 0 Å². The van der Waals surface area contributed by atoms with Crippen LogP contribution in [0, 0.1) is 0 Å². The predicted molar refractivity (Wildman–Crippen MR) is 46.0 cm³/mol. The Morgan fingerprint density at radius 3 is 1.90 bits per heavy atom. The van der Waals surface area contributed by atoms with Gasteiger partial charge in [-0.05, 0) is 41.3 Å². The first-order chi connectivity index (χ1) is 4.36. The van der Waals surface area contributed by atoms with Gasteiger partial charge in [0, 0.05) is 11.6 Å². The van der Waals surface area contributed by atoms with Crippen molar-refractivity contribution in [3.8, 4) is 0 Å². The normalized spacial score (nSPS) is 15.9. The summed E-state index contributed by atoms with van der Waals surface area (Å²) in [6.45, 7) is 6.46. The van der Waals surface area contributed by atoms with Gasteiger partial charge in [0.2, 0.25) is 0 Å². The van der Waals surface area contributed by atoms with Gasteiger partial charge in [0.25, 0.3) is 0 Å². The zero-order valence-electron chi connectivity index (χ0n) is 7.81. The van der Waals surface area contributed by atoms with Crippen LogP contribution >= 0.6 is 0 Å². The Balaban J connectivity index is 3.87. The molecule has 0 spiro atoms. The molecule has 0 bridgehead atoms. The number of nitrogens with zero attached hydrogens (tertiary/aromatic N) is 1. The Labute approximate surface area is 64.4 Å². The van der Waals surface area contributed by atoms with Crippen molar-refractivity contribution in [2.24, 2.45) is 5.73 Å². The zero-order chi connectivity index (χ0) is 8.36. The molecule has 0 aromatic heterocycles. The lowest BCUT2D eigenvalue weighted by Gasteiger charge is -2.33. The Hall–Kier alpha value is -0.0800. The van der Waals surface area contributed by atoms with Crippen LogP contribution in [0.2, 0.25) is 0 Å². The van der Waals surface area contributed by atoms with Crippen LogP contribution in [0.25, 0.3) is 0 Å². The first-order valence-electron chi connectivity index (χ1n) is 3.79. The number of hydrogen-bond donors (Lipinski definition) is 1. The molecule has 10 heavy (non-hydrogen) atoms. The number of hydrogen-bond acceptors (Lipinski definition) is 2. The lowest BCUT2D eigenvalue weighted by Crippen LogP contribution is -2.42. The van der Waals surface area contributed by atoms with Crippen LogP contribution in [0.5, 0.6) is 0 Å². The molecule has 0 heterocycles. The third kappa shape index (κ3) is 3.18. The van der Waals surface area contributed by atoms with Gasteiger partial charge >= 0.3 is 0 Å². The Kier molecular flexibility index (Phi) is 3.33. The molecule has 2 N–H and O–H groups in total. The lowest BCUT2D eigenvalue weighted by atomic mass is 9.95. The molecular weight excluding hydrogens is 124 g/mol. The quantitative estimate of drug-likeness (QED) is 0.642. The van der Waals surface area contributed by atoms with E-state index in [0.717, 1.165) is 6.42 Å². The summed E-state index contributed by atoms with van der Waals surface area (Å²) in [6.07, 6.45) is 1.04. The second-order valence-corrected chi connectivity index (χ2v) is 3.89. The van der Waals surface area contributed by atoms with Crippen molar-refractivity contribution in [3.05, 3.63) is 0 Å². The summed E-state index contributed by atoms with van der Waals surface area (Å²) in [6, 6.07) is 0.289. The highest BCUT2D eigenvalue weighted by atomic mass is 15.1. The minimum Gasteiger partial charge on any atom is -0.328 e. The van der Waals surface area contributed by atoms with Gasteiger partial charge in [-0.15, -0.1) is 0 Å². The number of rotatable bonds is 3. The predicted octanol–water partition coefficient (Wildman–Crippen LogP) is 1.06. The van der Waals surface area contributed by atoms with Gasteiger partial charge < -0.3 is 10.6 Å². The van der Waals surface area contributed by atoms with Crippen LogP contribution in [0.3, 0.4) is 0 Å². The van der Waals surface area contributed by atoms with Gasteiger partial charge in [-0.1, -0.05) is 0 Å². The van der Waals surface area contributed by atoms with E-state index in [1.807, 2.05) is 6.92 Å². The molecule has 0 aromatic carbocycles. The molecule has 1 unspecified atom stereocenters. The van der Waals surface area contributed by atoms with Crippen LogP contribution in [0.1, 0.15) is 27.2 Å². The monoisotopic (exact) mass is 144 g/mol. The molecule has 1 atom stereocenters. The van der Waals surface area contributed by atoms with E-state index in [1.54, 1.807) is 0 Å².